The molecule has 0 bridgehead atoms. The predicted molar refractivity (Wildman–Crippen MR) is 100 cm³/mol. The Morgan fingerprint density at radius 1 is 1.27 bits per heavy atom. The highest BCUT2D eigenvalue weighted by Gasteiger charge is 2.11. The van der Waals surface area contributed by atoms with E-state index in [2.05, 4.69) is 10.3 Å². The number of amides is 1. The maximum absolute atomic E-state index is 12.5. The maximum Gasteiger partial charge on any atom is 0.261 e. The standard InChI is InChI=1S/C18H12Cl2N4O2/c19-12-7-13-17(14(20)8-12)22-10-24(18(13)26)6-5-16(25)23-15-4-2-1-3-11(15)9-21/h1-4,7-8,10H,5-6H2,(H,23,25). The summed E-state index contributed by atoms with van der Waals surface area (Å²) >= 11 is 12.0. The summed E-state index contributed by atoms with van der Waals surface area (Å²) in [7, 11) is 0. The van der Waals surface area contributed by atoms with Crippen LogP contribution in [0.15, 0.2) is 47.5 Å². The average molecular weight is 387 g/mol. The number of rotatable bonds is 4. The topological polar surface area (TPSA) is 87.8 Å². The number of hydrogen-bond donors (Lipinski definition) is 1. The van der Waals surface area contributed by atoms with Crippen molar-refractivity contribution in [3.05, 3.63) is 68.7 Å². The summed E-state index contributed by atoms with van der Waals surface area (Å²) < 4.78 is 1.32. The van der Waals surface area contributed by atoms with Crippen molar-refractivity contribution in [1.82, 2.24) is 9.55 Å². The molecule has 0 aliphatic heterocycles. The van der Waals surface area contributed by atoms with Gasteiger partial charge in [-0.05, 0) is 24.3 Å². The second-order valence-electron chi connectivity index (χ2n) is 5.48. The van der Waals surface area contributed by atoms with Crippen LogP contribution in [0.2, 0.25) is 10.0 Å². The molecule has 0 aliphatic carbocycles. The summed E-state index contributed by atoms with van der Waals surface area (Å²) in [5.41, 5.74) is 0.839. The Balaban J connectivity index is 1.78. The van der Waals surface area contributed by atoms with Gasteiger partial charge in [-0.2, -0.15) is 5.26 Å². The average Bonchev–Trinajstić information content (AvgIpc) is 2.62. The molecule has 2 aromatic carbocycles. The molecule has 1 N–H and O–H groups in total. The lowest BCUT2D eigenvalue weighted by Crippen LogP contribution is -2.24. The third kappa shape index (κ3) is 3.69. The monoisotopic (exact) mass is 386 g/mol. The van der Waals surface area contributed by atoms with Gasteiger partial charge < -0.3 is 5.32 Å². The van der Waals surface area contributed by atoms with Crippen LogP contribution < -0.4 is 10.9 Å². The molecule has 0 saturated heterocycles. The quantitative estimate of drug-likeness (QED) is 0.741. The molecule has 26 heavy (non-hydrogen) atoms. The van der Waals surface area contributed by atoms with Gasteiger partial charge in [-0.25, -0.2) is 4.98 Å². The zero-order valence-corrected chi connectivity index (χ0v) is 14.9. The molecule has 3 aromatic rings. The van der Waals surface area contributed by atoms with Crippen molar-refractivity contribution >= 4 is 45.7 Å². The van der Waals surface area contributed by atoms with Crippen molar-refractivity contribution in [3.63, 3.8) is 0 Å². The summed E-state index contributed by atoms with van der Waals surface area (Å²) in [6.07, 6.45) is 1.39. The van der Waals surface area contributed by atoms with E-state index < -0.39 is 0 Å². The van der Waals surface area contributed by atoms with Crippen LogP contribution in [-0.2, 0) is 11.3 Å². The zero-order chi connectivity index (χ0) is 18.7. The van der Waals surface area contributed by atoms with Gasteiger partial charge in [-0.3, -0.25) is 14.2 Å². The molecule has 8 heteroatoms. The Labute approximate surface area is 158 Å². The van der Waals surface area contributed by atoms with Gasteiger partial charge in [0, 0.05) is 18.0 Å². The number of nitrogens with one attached hydrogen (secondary N) is 1. The molecular formula is C18H12Cl2N4O2. The summed E-state index contributed by atoms with van der Waals surface area (Å²) in [4.78, 5) is 28.8. The van der Waals surface area contributed by atoms with E-state index in [0.29, 0.717) is 32.2 Å². The van der Waals surface area contributed by atoms with E-state index in [1.165, 1.54) is 23.0 Å². The number of halogens is 2. The fourth-order valence-electron chi connectivity index (χ4n) is 2.48. The van der Waals surface area contributed by atoms with E-state index in [0.717, 1.165) is 0 Å². The Hall–Kier alpha value is -2.88. The highest BCUT2D eigenvalue weighted by Crippen LogP contribution is 2.24. The second-order valence-corrected chi connectivity index (χ2v) is 6.33. The Bertz CT molecular complexity index is 1100. The number of aromatic nitrogens is 2. The van der Waals surface area contributed by atoms with Crippen LogP contribution in [0.1, 0.15) is 12.0 Å². The minimum absolute atomic E-state index is 0.0428. The lowest BCUT2D eigenvalue weighted by atomic mass is 10.2. The number of carbonyl (C=O) groups excluding carboxylic acids is 1. The number of carbonyl (C=O) groups is 1. The molecule has 0 atom stereocenters. The minimum atomic E-state index is -0.329. The molecule has 1 amide bonds. The first-order valence-electron chi connectivity index (χ1n) is 7.63. The van der Waals surface area contributed by atoms with Crippen LogP contribution in [0.3, 0.4) is 0 Å². The van der Waals surface area contributed by atoms with Crippen molar-refractivity contribution in [2.75, 3.05) is 5.32 Å². The molecule has 0 fully saturated rings. The van der Waals surface area contributed by atoms with Gasteiger partial charge in [-0.15, -0.1) is 0 Å². The van der Waals surface area contributed by atoms with Crippen LogP contribution in [-0.4, -0.2) is 15.5 Å². The number of nitriles is 1. The molecule has 0 spiro atoms. The SMILES string of the molecule is N#Cc1ccccc1NC(=O)CCn1cnc2c(Cl)cc(Cl)cc2c1=O. The van der Waals surface area contributed by atoms with Crippen molar-refractivity contribution in [2.24, 2.45) is 0 Å². The number of aryl methyl sites for hydroxylation is 1. The van der Waals surface area contributed by atoms with Crippen LogP contribution in [0, 0.1) is 11.3 Å². The molecule has 0 radical (unpaired) electrons. The van der Waals surface area contributed by atoms with Crippen molar-refractivity contribution in [3.8, 4) is 6.07 Å². The Morgan fingerprint density at radius 2 is 2.04 bits per heavy atom. The molecule has 0 unspecified atom stereocenters. The summed E-state index contributed by atoms with van der Waals surface area (Å²) in [5, 5.41) is 12.6. The molecule has 0 aliphatic rings. The molecule has 6 nitrogen and oxygen atoms in total. The summed E-state index contributed by atoms with van der Waals surface area (Å²) in [6, 6.07) is 11.7. The maximum atomic E-state index is 12.5. The number of hydrogen-bond acceptors (Lipinski definition) is 4. The minimum Gasteiger partial charge on any atom is -0.325 e. The number of fused-ring (bicyclic) bond motifs is 1. The van der Waals surface area contributed by atoms with Crippen molar-refractivity contribution < 1.29 is 4.79 Å². The summed E-state index contributed by atoms with van der Waals surface area (Å²) in [6.45, 7) is 0.131. The number of para-hydroxylation sites is 1. The lowest BCUT2D eigenvalue weighted by Gasteiger charge is -2.09. The first kappa shape index (κ1) is 17.9. The van der Waals surface area contributed by atoms with Gasteiger partial charge in [0.25, 0.3) is 5.56 Å². The number of benzene rings is 2. The van der Waals surface area contributed by atoms with E-state index in [4.69, 9.17) is 28.5 Å². The van der Waals surface area contributed by atoms with Gasteiger partial charge >= 0.3 is 0 Å². The van der Waals surface area contributed by atoms with Gasteiger partial charge in [0.1, 0.15) is 6.07 Å². The molecule has 130 valence electrons. The van der Waals surface area contributed by atoms with Crippen molar-refractivity contribution in [1.29, 1.82) is 5.26 Å². The van der Waals surface area contributed by atoms with Crippen LogP contribution in [0.4, 0.5) is 5.69 Å². The first-order chi connectivity index (χ1) is 12.5. The molecule has 3 rings (SSSR count). The van der Waals surface area contributed by atoms with E-state index >= 15 is 0 Å². The Kier molecular flexibility index (Phi) is 5.21. The van der Waals surface area contributed by atoms with E-state index in [1.807, 2.05) is 6.07 Å². The molecule has 0 saturated carbocycles. The van der Waals surface area contributed by atoms with Crippen molar-refractivity contribution in [2.45, 2.75) is 13.0 Å². The van der Waals surface area contributed by atoms with Gasteiger partial charge in [0.15, 0.2) is 0 Å². The van der Waals surface area contributed by atoms with E-state index in [1.54, 1.807) is 24.3 Å². The van der Waals surface area contributed by atoms with E-state index in [-0.39, 0.29) is 24.4 Å². The highest BCUT2D eigenvalue weighted by atomic mass is 35.5. The fraction of sp³-hybridized carbons (Fsp3) is 0.111. The third-order valence-corrected chi connectivity index (χ3v) is 4.25. The zero-order valence-electron chi connectivity index (χ0n) is 13.4. The number of anilines is 1. The van der Waals surface area contributed by atoms with Crippen LogP contribution in [0.5, 0.6) is 0 Å². The van der Waals surface area contributed by atoms with E-state index in [9.17, 15) is 9.59 Å². The summed E-state index contributed by atoms with van der Waals surface area (Å²) in [5.74, 6) is -0.316. The fourth-order valence-corrected chi connectivity index (χ4v) is 3.02. The van der Waals surface area contributed by atoms with Crippen LogP contribution >= 0.6 is 23.2 Å². The van der Waals surface area contributed by atoms with Crippen LogP contribution in [0.25, 0.3) is 10.9 Å². The Morgan fingerprint density at radius 3 is 2.81 bits per heavy atom. The molecular weight excluding hydrogens is 375 g/mol. The molecule has 1 heterocycles. The smallest absolute Gasteiger partial charge is 0.261 e. The normalized spacial score (nSPS) is 10.5. The molecule has 1 aromatic heterocycles. The second kappa shape index (κ2) is 7.56. The van der Waals surface area contributed by atoms with Gasteiger partial charge in [0.2, 0.25) is 5.91 Å². The third-order valence-electron chi connectivity index (χ3n) is 3.75. The lowest BCUT2D eigenvalue weighted by molar-refractivity contribution is -0.116. The predicted octanol–water partition coefficient (Wildman–Crippen LogP) is 3.60. The highest BCUT2D eigenvalue weighted by molar-refractivity contribution is 6.38. The largest absolute Gasteiger partial charge is 0.325 e. The van der Waals surface area contributed by atoms with Gasteiger partial charge in [-0.1, -0.05) is 35.3 Å². The number of nitrogens with zero attached hydrogens (tertiary/aromatic N) is 3. The van der Waals surface area contributed by atoms with Gasteiger partial charge in [0.05, 0.1) is 33.5 Å². The first-order valence-corrected chi connectivity index (χ1v) is 8.38.